The van der Waals surface area contributed by atoms with Gasteiger partial charge in [-0.3, -0.25) is 4.90 Å². The number of nitrogens with zero attached hydrogens (tertiary/aromatic N) is 1. The molecule has 2 unspecified atom stereocenters. The lowest BCUT2D eigenvalue weighted by atomic mass is 9.92. The smallest absolute Gasteiger partial charge is 0.0740 e. The average molecular weight is 212 g/mol. The van der Waals surface area contributed by atoms with Crippen LogP contribution in [0.3, 0.4) is 0 Å². The summed E-state index contributed by atoms with van der Waals surface area (Å²) in [7, 11) is 0. The predicted octanol–water partition coefficient (Wildman–Crippen LogP) is 1.93. The van der Waals surface area contributed by atoms with Gasteiger partial charge in [-0.05, 0) is 38.1 Å². The first-order valence-electron chi connectivity index (χ1n) is 5.80. The number of nitrogens with two attached hydrogens (primary N) is 1. The van der Waals surface area contributed by atoms with E-state index in [-0.39, 0.29) is 0 Å². The number of thiocarbonyl (C=S) groups is 1. The predicted molar refractivity (Wildman–Crippen MR) is 63.3 cm³/mol. The summed E-state index contributed by atoms with van der Waals surface area (Å²) >= 11 is 4.94. The van der Waals surface area contributed by atoms with Gasteiger partial charge in [-0.1, -0.05) is 18.6 Å². The summed E-state index contributed by atoms with van der Waals surface area (Å²) in [6, 6.07) is 0.859. The molecule has 2 N–H and O–H groups in total. The molecular weight excluding hydrogens is 192 g/mol. The van der Waals surface area contributed by atoms with Gasteiger partial charge in [0.25, 0.3) is 0 Å². The zero-order valence-electron chi connectivity index (χ0n) is 8.74. The van der Waals surface area contributed by atoms with E-state index in [1.165, 1.54) is 38.6 Å². The molecule has 80 valence electrons. The first-order valence-corrected chi connectivity index (χ1v) is 6.20. The third-order valence-corrected chi connectivity index (χ3v) is 3.96. The van der Waals surface area contributed by atoms with Crippen molar-refractivity contribution in [3.63, 3.8) is 0 Å². The lowest BCUT2D eigenvalue weighted by Gasteiger charge is -2.37. The first kappa shape index (κ1) is 10.4. The van der Waals surface area contributed by atoms with E-state index in [9.17, 15) is 0 Å². The summed E-state index contributed by atoms with van der Waals surface area (Å²) in [4.78, 5) is 3.30. The van der Waals surface area contributed by atoms with Crippen LogP contribution < -0.4 is 5.73 Å². The van der Waals surface area contributed by atoms with E-state index in [0.29, 0.717) is 4.99 Å². The molecule has 0 aromatic rings. The van der Waals surface area contributed by atoms with Gasteiger partial charge in [0.15, 0.2) is 0 Å². The van der Waals surface area contributed by atoms with E-state index in [1.807, 2.05) is 0 Å². The molecule has 2 nitrogen and oxygen atoms in total. The van der Waals surface area contributed by atoms with Crippen LogP contribution in [0.25, 0.3) is 0 Å². The molecule has 1 heterocycles. The third kappa shape index (κ3) is 2.26. The Labute approximate surface area is 91.8 Å². The number of hydrogen-bond acceptors (Lipinski definition) is 2. The molecule has 0 spiro atoms. The fourth-order valence-corrected chi connectivity index (χ4v) is 3.18. The molecule has 1 aliphatic heterocycles. The van der Waals surface area contributed by atoms with Gasteiger partial charge < -0.3 is 5.73 Å². The Hall–Kier alpha value is -0.150. The maximum absolute atomic E-state index is 5.55. The second-order valence-corrected chi connectivity index (χ2v) is 5.18. The van der Waals surface area contributed by atoms with Crippen molar-refractivity contribution in [3.05, 3.63) is 0 Å². The van der Waals surface area contributed by atoms with Crippen LogP contribution in [0.5, 0.6) is 0 Å². The van der Waals surface area contributed by atoms with Gasteiger partial charge >= 0.3 is 0 Å². The monoisotopic (exact) mass is 212 g/mol. The summed E-state index contributed by atoms with van der Waals surface area (Å²) in [5.74, 6) is 0.982. The summed E-state index contributed by atoms with van der Waals surface area (Å²) < 4.78 is 0. The molecule has 0 aromatic heterocycles. The molecule has 14 heavy (non-hydrogen) atoms. The van der Waals surface area contributed by atoms with Crippen molar-refractivity contribution in [2.45, 2.75) is 44.6 Å². The van der Waals surface area contributed by atoms with Crippen molar-refractivity contribution in [2.24, 2.45) is 11.7 Å². The Morgan fingerprint density at radius 3 is 2.86 bits per heavy atom. The van der Waals surface area contributed by atoms with Gasteiger partial charge in [-0.2, -0.15) is 0 Å². The molecule has 2 aliphatic rings. The van der Waals surface area contributed by atoms with Crippen molar-refractivity contribution >= 4 is 17.2 Å². The number of likely N-dealkylation sites (tertiary alicyclic amines) is 1. The molecule has 0 amide bonds. The molecule has 1 saturated heterocycles. The fourth-order valence-electron chi connectivity index (χ4n) is 3.09. The summed E-state index contributed by atoms with van der Waals surface area (Å²) in [5.41, 5.74) is 5.55. The lowest BCUT2D eigenvalue weighted by Crippen LogP contribution is -2.43. The number of hydrogen-bond donors (Lipinski definition) is 1. The molecule has 0 aromatic carbocycles. The second kappa shape index (κ2) is 4.58. The van der Waals surface area contributed by atoms with E-state index < -0.39 is 0 Å². The van der Waals surface area contributed by atoms with Crippen molar-refractivity contribution in [3.8, 4) is 0 Å². The Morgan fingerprint density at radius 2 is 2.07 bits per heavy atom. The van der Waals surface area contributed by atoms with E-state index in [1.54, 1.807) is 0 Å². The van der Waals surface area contributed by atoms with Crippen LogP contribution in [0.15, 0.2) is 0 Å². The van der Waals surface area contributed by atoms with Crippen LogP contribution in [0.2, 0.25) is 0 Å². The average Bonchev–Trinajstić information content (AvgIpc) is 2.62. The molecular formula is C11H20N2S. The Morgan fingerprint density at radius 1 is 1.29 bits per heavy atom. The Balaban J connectivity index is 1.87. The maximum Gasteiger partial charge on any atom is 0.0740 e. The minimum Gasteiger partial charge on any atom is -0.393 e. The minimum atomic E-state index is 0.671. The van der Waals surface area contributed by atoms with Crippen molar-refractivity contribution in [2.75, 3.05) is 13.1 Å². The fraction of sp³-hybridized carbons (Fsp3) is 0.909. The van der Waals surface area contributed by atoms with Crippen molar-refractivity contribution < 1.29 is 0 Å². The molecule has 2 fully saturated rings. The van der Waals surface area contributed by atoms with Gasteiger partial charge in [-0.15, -0.1) is 0 Å². The summed E-state index contributed by atoms with van der Waals surface area (Å²) in [5, 5.41) is 0. The van der Waals surface area contributed by atoms with Gasteiger partial charge in [0.05, 0.1) is 4.99 Å². The quantitative estimate of drug-likeness (QED) is 0.725. The van der Waals surface area contributed by atoms with Crippen molar-refractivity contribution in [1.29, 1.82) is 0 Å². The molecule has 2 atom stereocenters. The highest BCUT2D eigenvalue weighted by Crippen LogP contribution is 2.36. The van der Waals surface area contributed by atoms with Gasteiger partial charge in [-0.25, -0.2) is 0 Å². The van der Waals surface area contributed by atoms with Crippen molar-refractivity contribution in [1.82, 2.24) is 4.90 Å². The van der Waals surface area contributed by atoms with Crippen LogP contribution in [0.4, 0.5) is 0 Å². The number of rotatable bonds is 3. The largest absolute Gasteiger partial charge is 0.393 e. The highest BCUT2D eigenvalue weighted by Gasteiger charge is 2.34. The van der Waals surface area contributed by atoms with Gasteiger partial charge in [0, 0.05) is 19.0 Å². The summed E-state index contributed by atoms with van der Waals surface area (Å²) in [6.07, 6.45) is 8.01. The van der Waals surface area contributed by atoms with E-state index in [2.05, 4.69) is 4.90 Å². The molecule has 0 radical (unpaired) electrons. The van der Waals surface area contributed by atoms with Crippen LogP contribution in [0, 0.1) is 5.92 Å². The topological polar surface area (TPSA) is 29.3 Å². The van der Waals surface area contributed by atoms with Crippen LogP contribution in [0.1, 0.15) is 38.5 Å². The minimum absolute atomic E-state index is 0.671. The maximum atomic E-state index is 5.55. The van der Waals surface area contributed by atoms with Crippen LogP contribution in [-0.4, -0.2) is 29.0 Å². The van der Waals surface area contributed by atoms with E-state index in [4.69, 9.17) is 18.0 Å². The normalized spacial score (nSPS) is 32.9. The standard InChI is InChI=1S/C11H20N2S/c12-11(14)6-8-13-7-2-4-9-3-1-5-10(9)13/h9-10H,1-8H2,(H2,12,14). The molecule has 3 heteroatoms. The second-order valence-electron chi connectivity index (χ2n) is 4.65. The van der Waals surface area contributed by atoms with Gasteiger partial charge in [0.1, 0.15) is 0 Å². The molecule has 0 bridgehead atoms. The zero-order valence-corrected chi connectivity index (χ0v) is 9.56. The molecule has 2 rings (SSSR count). The van der Waals surface area contributed by atoms with Crippen LogP contribution in [-0.2, 0) is 0 Å². The van der Waals surface area contributed by atoms with Crippen LogP contribution >= 0.6 is 12.2 Å². The highest BCUT2D eigenvalue weighted by atomic mass is 32.1. The zero-order chi connectivity index (χ0) is 9.97. The van der Waals surface area contributed by atoms with E-state index in [0.717, 1.165) is 24.9 Å². The third-order valence-electron chi connectivity index (χ3n) is 3.75. The first-order chi connectivity index (χ1) is 6.77. The van der Waals surface area contributed by atoms with Gasteiger partial charge in [0.2, 0.25) is 0 Å². The SMILES string of the molecule is NC(=S)CCN1CCCC2CCCC21. The van der Waals surface area contributed by atoms with E-state index >= 15 is 0 Å². The lowest BCUT2D eigenvalue weighted by molar-refractivity contribution is 0.117. The molecule has 1 aliphatic carbocycles. The highest BCUT2D eigenvalue weighted by molar-refractivity contribution is 7.80. The Kier molecular flexibility index (Phi) is 3.39. The summed E-state index contributed by atoms with van der Waals surface area (Å²) in [6.45, 7) is 2.36. The Bertz CT molecular complexity index is 217. The molecule has 1 saturated carbocycles. The number of fused-ring (bicyclic) bond motifs is 1. The number of piperidine rings is 1.